The Bertz CT molecular complexity index is 966. The first-order valence-electron chi connectivity index (χ1n) is 15.4. The Balaban J connectivity index is 5.56. The molecule has 13 nitrogen and oxygen atoms in total. The number of sulfone groups is 1. The fourth-order valence-electron chi connectivity index (χ4n) is 4.53. The molecule has 0 unspecified atom stereocenters. The summed E-state index contributed by atoms with van der Waals surface area (Å²) in [6, 6.07) is -2.28. The van der Waals surface area contributed by atoms with E-state index < -0.39 is 70.4 Å². The van der Waals surface area contributed by atoms with Crippen molar-refractivity contribution in [1.29, 1.82) is 0 Å². The van der Waals surface area contributed by atoms with E-state index in [9.17, 15) is 42.8 Å². The highest BCUT2D eigenvalue weighted by atomic mass is 32.2. The fraction of sp³-hybridized carbons (Fsp3) is 0.857. The normalized spacial score (nSPS) is 15.9. The van der Waals surface area contributed by atoms with Gasteiger partial charge < -0.3 is 37.3 Å². The summed E-state index contributed by atoms with van der Waals surface area (Å²) in [6.07, 6.45) is 2.13. The number of hydrogen-bond donors (Lipinski definition) is 7. The maximum absolute atomic E-state index is 13.2. The molecule has 0 saturated carbocycles. The molecule has 6 atom stereocenters. The molecule has 250 valence electrons. The Morgan fingerprint density at radius 1 is 0.814 bits per heavy atom. The highest BCUT2D eigenvalue weighted by Gasteiger charge is 2.33. The number of rotatable bonds is 25. The van der Waals surface area contributed by atoms with E-state index in [1.807, 2.05) is 6.92 Å². The lowest BCUT2D eigenvalue weighted by Gasteiger charge is -2.25. The number of ketones is 2. The van der Waals surface area contributed by atoms with Crippen LogP contribution in [0.15, 0.2) is 0 Å². The summed E-state index contributed by atoms with van der Waals surface area (Å²) in [5.74, 6) is -5.28. The second-order valence-corrected chi connectivity index (χ2v) is 13.9. The molecular weight excluding hydrogens is 579 g/mol. The molecule has 2 amide bonds. The number of Topliss-reactive ketones (excluding diaryl/α,β-unsaturated/α-hetero) is 2. The largest absolute Gasteiger partial charge is 0.454 e. The maximum atomic E-state index is 13.2. The van der Waals surface area contributed by atoms with Crippen LogP contribution in [0, 0.1) is 11.8 Å². The summed E-state index contributed by atoms with van der Waals surface area (Å²) in [6.45, 7) is 6.94. The van der Waals surface area contributed by atoms with Crippen molar-refractivity contribution in [3.8, 4) is 0 Å². The molecule has 0 aromatic carbocycles. The number of aliphatic hydroxyl groups excluding tert-OH is 1. The van der Waals surface area contributed by atoms with Crippen LogP contribution in [-0.2, 0) is 29.0 Å². The van der Waals surface area contributed by atoms with Crippen LogP contribution in [0.25, 0.3) is 0 Å². The van der Waals surface area contributed by atoms with Gasteiger partial charge in [-0.2, -0.15) is 0 Å². The Morgan fingerprint density at radius 2 is 1.40 bits per heavy atom. The summed E-state index contributed by atoms with van der Waals surface area (Å²) in [7, 11) is -5.22. The van der Waals surface area contributed by atoms with Crippen molar-refractivity contribution >= 4 is 40.3 Å². The van der Waals surface area contributed by atoms with Crippen molar-refractivity contribution in [3.05, 3.63) is 0 Å². The number of nitrogens with two attached hydrogens (primary N) is 2. The summed E-state index contributed by atoms with van der Waals surface area (Å²) in [5.41, 5.74) is 11.1. The molecule has 0 bridgehead atoms. The average molecular weight is 635 g/mol. The number of nitrogens with one attached hydrogen (secondary N) is 2. The molecule has 0 saturated heterocycles. The first-order valence-corrected chi connectivity index (χ1v) is 17.2. The van der Waals surface area contributed by atoms with Crippen LogP contribution in [0.5, 0.6) is 0 Å². The summed E-state index contributed by atoms with van der Waals surface area (Å²) < 4.78 is 25.2. The number of aliphatic hydroxyl groups is 1. The van der Waals surface area contributed by atoms with E-state index in [-0.39, 0.29) is 43.0 Å². The van der Waals surface area contributed by atoms with Gasteiger partial charge in [-0.05, 0) is 64.4 Å². The molecule has 0 aromatic rings. The van der Waals surface area contributed by atoms with Crippen molar-refractivity contribution in [2.75, 3.05) is 24.6 Å². The van der Waals surface area contributed by atoms with Crippen LogP contribution in [0.2, 0.25) is 5.82 Å². The van der Waals surface area contributed by atoms with E-state index in [2.05, 4.69) is 10.6 Å². The van der Waals surface area contributed by atoms with Gasteiger partial charge in [0.2, 0.25) is 11.8 Å². The van der Waals surface area contributed by atoms with Gasteiger partial charge in [-0.15, -0.1) is 0 Å². The second kappa shape index (κ2) is 21.7. The zero-order valence-corrected chi connectivity index (χ0v) is 27.1. The number of amides is 2. The van der Waals surface area contributed by atoms with Crippen LogP contribution in [0.4, 0.5) is 0 Å². The molecule has 15 heteroatoms. The summed E-state index contributed by atoms with van der Waals surface area (Å²) in [5, 5.41) is 34.2. The smallest absolute Gasteiger partial charge is 0.427 e. The van der Waals surface area contributed by atoms with Gasteiger partial charge in [0.25, 0.3) is 0 Å². The van der Waals surface area contributed by atoms with Gasteiger partial charge in [-0.1, -0.05) is 33.6 Å². The highest BCUT2D eigenvalue weighted by molar-refractivity contribution is 7.91. The lowest BCUT2D eigenvalue weighted by Crippen LogP contribution is -2.51. The van der Waals surface area contributed by atoms with Crippen molar-refractivity contribution < 1.29 is 42.8 Å². The van der Waals surface area contributed by atoms with E-state index in [1.165, 1.54) is 20.8 Å². The van der Waals surface area contributed by atoms with E-state index in [1.54, 1.807) is 0 Å². The van der Waals surface area contributed by atoms with Gasteiger partial charge in [-0.25, -0.2) is 8.42 Å². The fourth-order valence-corrected chi connectivity index (χ4v) is 6.35. The first-order chi connectivity index (χ1) is 20.1. The zero-order chi connectivity index (χ0) is 33.2. The van der Waals surface area contributed by atoms with Gasteiger partial charge in [0, 0.05) is 18.8 Å². The van der Waals surface area contributed by atoms with Crippen LogP contribution < -0.4 is 22.1 Å². The SMILES string of the molecule is CCCCS(=O)(=O)C[C@@H](CCCCN)C(=O)N[C@H](C(=O)C[C@@H](C)C(=O)N[C@@H](CCCCN)C(=O)C[C@@H](C)B(O)O)[C@@H](C)O. The van der Waals surface area contributed by atoms with Gasteiger partial charge in [0.1, 0.15) is 6.04 Å². The lowest BCUT2D eigenvalue weighted by molar-refractivity contribution is -0.135. The Hall–Kier alpha value is -1.91. The number of carbonyl (C=O) groups excluding carboxylic acids is 4. The number of hydrogen-bond acceptors (Lipinski definition) is 11. The van der Waals surface area contributed by atoms with Crippen molar-refractivity contribution in [1.82, 2.24) is 10.6 Å². The minimum Gasteiger partial charge on any atom is -0.427 e. The van der Waals surface area contributed by atoms with Gasteiger partial charge >= 0.3 is 7.12 Å². The minimum absolute atomic E-state index is 0.0508. The lowest BCUT2D eigenvalue weighted by atomic mass is 9.71. The van der Waals surface area contributed by atoms with Gasteiger partial charge in [0.05, 0.1) is 29.6 Å². The van der Waals surface area contributed by atoms with Crippen molar-refractivity contribution in [2.24, 2.45) is 23.3 Å². The van der Waals surface area contributed by atoms with Gasteiger partial charge in [0.15, 0.2) is 21.4 Å². The minimum atomic E-state index is -3.53. The number of unbranched alkanes of at least 4 members (excludes halogenated alkanes) is 3. The quantitative estimate of drug-likeness (QED) is 0.0514. The second-order valence-electron chi connectivity index (χ2n) is 11.7. The monoisotopic (exact) mass is 634 g/mol. The van der Waals surface area contributed by atoms with Crippen molar-refractivity contribution in [3.63, 3.8) is 0 Å². The standard InChI is InChI=1S/C28H55BN4O9S/c1-5-6-15-43(41,42)18-22(11-7-9-13-30)28(38)33-26(21(4)34)25(36)16-19(2)27(37)32-23(12-8-10-14-31)24(35)17-20(3)29(39)40/h19-23,26,34,39-40H,5-18,30-31H2,1-4H3,(H,32,37)(H,33,38)/t19-,20-,21-,22-,23+,26+/m1/s1. The van der Waals surface area contributed by atoms with Gasteiger partial charge in [-0.3, -0.25) is 19.2 Å². The van der Waals surface area contributed by atoms with E-state index in [0.29, 0.717) is 51.6 Å². The van der Waals surface area contributed by atoms with E-state index in [4.69, 9.17) is 11.5 Å². The predicted octanol–water partition coefficient (Wildman–Crippen LogP) is -0.157. The Morgan fingerprint density at radius 3 is 1.91 bits per heavy atom. The maximum Gasteiger partial charge on any atom is 0.454 e. The third-order valence-electron chi connectivity index (χ3n) is 7.41. The molecule has 0 rings (SSSR count). The molecular formula is C28H55BN4O9S. The Kier molecular flexibility index (Phi) is 20.8. The molecule has 9 N–H and O–H groups in total. The Labute approximate surface area is 257 Å². The van der Waals surface area contributed by atoms with Crippen LogP contribution >= 0.6 is 0 Å². The number of carbonyl (C=O) groups is 4. The van der Waals surface area contributed by atoms with Crippen LogP contribution in [-0.4, -0.2) is 96.9 Å². The molecule has 0 radical (unpaired) electrons. The molecule has 0 aliphatic rings. The molecule has 0 fully saturated rings. The third-order valence-corrected chi connectivity index (χ3v) is 9.23. The van der Waals surface area contributed by atoms with Crippen LogP contribution in [0.3, 0.4) is 0 Å². The molecule has 0 spiro atoms. The topological polar surface area (TPSA) is 239 Å². The molecule has 0 aromatic heterocycles. The molecule has 0 aliphatic heterocycles. The highest BCUT2D eigenvalue weighted by Crippen LogP contribution is 2.18. The molecule has 0 aliphatic carbocycles. The van der Waals surface area contributed by atoms with E-state index in [0.717, 1.165) is 0 Å². The van der Waals surface area contributed by atoms with E-state index >= 15 is 0 Å². The third kappa shape index (κ3) is 17.2. The predicted molar refractivity (Wildman–Crippen MR) is 166 cm³/mol. The van der Waals surface area contributed by atoms with Crippen molar-refractivity contribution in [2.45, 2.75) is 116 Å². The zero-order valence-electron chi connectivity index (χ0n) is 26.3. The van der Waals surface area contributed by atoms with Crippen LogP contribution in [0.1, 0.15) is 91.9 Å². The summed E-state index contributed by atoms with van der Waals surface area (Å²) >= 11 is 0. The first kappa shape index (κ1) is 41.1. The summed E-state index contributed by atoms with van der Waals surface area (Å²) in [4.78, 5) is 52.1. The average Bonchev–Trinajstić information content (AvgIpc) is 2.93. The molecule has 43 heavy (non-hydrogen) atoms. The molecule has 0 heterocycles.